The molecule has 0 aliphatic rings. The zero-order valence-electron chi connectivity index (χ0n) is 9.90. The molecule has 0 bridgehead atoms. The predicted molar refractivity (Wildman–Crippen MR) is 64.5 cm³/mol. The minimum atomic E-state index is -1.20. The van der Waals surface area contributed by atoms with Crippen LogP contribution < -0.4 is 5.11 Å². The van der Waals surface area contributed by atoms with Gasteiger partial charge in [-0.2, -0.15) is 4.68 Å². The summed E-state index contributed by atoms with van der Waals surface area (Å²) in [6, 6.07) is 6.23. The maximum Gasteiger partial charge on any atom is 0.214 e. The number of carbonyl (C=O) groups excluding carboxylic acids is 1. The van der Waals surface area contributed by atoms with Crippen molar-refractivity contribution in [3.63, 3.8) is 0 Å². The molecule has 7 heteroatoms. The van der Waals surface area contributed by atoms with E-state index >= 15 is 0 Å². The van der Waals surface area contributed by atoms with Gasteiger partial charge in [0.1, 0.15) is 0 Å². The molecule has 0 aliphatic heterocycles. The molecule has 0 saturated carbocycles. The number of rotatable bonds is 4. The van der Waals surface area contributed by atoms with Gasteiger partial charge in [-0.3, -0.25) is 0 Å². The van der Waals surface area contributed by atoms with Crippen molar-refractivity contribution in [3.8, 4) is 5.69 Å². The number of carboxylic acids is 1. The Bertz CT molecular complexity index is 550. The number of thioether (sulfide) groups is 1. The van der Waals surface area contributed by atoms with E-state index in [-0.39, 0.29) is 5.56 Å². The van der Waals surface area contributed by atoms with Crippen molar-refractivity contribution in [2.24, 2.45) is 0 Å². The maximum atomic E-state index is 10.6. The van der Waals surface area contributed by atoms with Crippen molar-refractivity contribution in [2.75, 3.05) is 0 Å². The third kappa shape index (κ3) is 2.67. The minimum Gasteiger partial charge on any atom is -0.545 e. The quantitative estimate of drug-likeness (QED) is 0.748. The van der Waals surface area contributed by atoms with Crippen LogP contribution in [0.2, 0.25) is 0 Å². The van der Waals surface area contributed by atoms with Gasteiger partial charge in [0.05, 0.1) is 11.7 Å². The Balaban J connectivity index is 2.31. The van der Waals surface area contributed by atoms with Crippen molar-refractivity contribution in [2.45, 2.75) is 24.3 Å². The first-order valence-corrected chi connectivity index (χ1v) is 6.22. The monoisotopic (exact) mass is 263 g/mol. The van der Waals surface area contributed by atoms with E-state index in [1.807, 2.05) is 13.8 Å². The van der Waals surface area contributed by atoms with Crippen molar-refractivity contribution in [3.05, 3.63) is 29.8 Å². The topological polar surface area (TPSA) is 83.7 Å². The highest BCUT2D eigenvalue weighted by molar-refractivity contribution is 7.99. The first-order valence-electron chi connectivity index (χ1n) is 5.34. The summed E-state index contributed by atoms with van der Waals surface area (Å²) in [4.78, 5) is 10.6. The lowest BCUT2D eigenvalue weighted by atomic mass is 10.2. The van der Waals surface area contributed by atoms with Crippen LogP contribution in [0.3, 0.4) is 0 Å². The van der Waals surface area contributed by atoms with Gasteiger partial charge in [0.15, 0.2) is 0 Å². The summed E-state index contributed by atoms with van der Waals surface area (Å²) in [6.45, 7) is 4.09. The van der Waals surface area contributed by atoms with Crippen molar-refractivity contribution in [1.82, 2.24) is 20.2 Å². The molecule has 2 aromatic rings. The summed E-state index contributed by atoms with van der Waals surface area (Å²) in [7, 11) is 0. The molecule has 0 aliphatic carbocycles. The molecule has 1 aromatic carbocycles. The van der Waals surface area contributed by atoms with Crippen molar-refractivity contribution < 1.29 is 9.90 Å². The Labute approximate surface area is 108 Å². The third-order valence-corrected chi connectivity index (χ3v) is 3.07. The van der Waals surface area contributed by atoms with E-state index in [0.717, 1.165) is 0 Å². The average molecular weight is 263 g/mol. The number of tetrazole rings is 1. The van der Waals surface area contributed by atoms with Gasteiger partial charge in [0, 0.05) is 5.25 Å². The lowest BCUT2D eigenvalue weighted by molar-refractivity contribution is -0.255. The molecule has 0 saturated heterocycles. The van der Waals surface area contributed by atoms with Crippen LogP contribution in [-0.2, 0) is 0 Å². The van der Waals surface area contributed by atoms with Gasteiger partial charge in [-0.05, 0) is 28.1 Å². The Hall–Kier alpha value is -1.89. The van der Waals surface area contributed by atoms with E-state index in [0.29, 0.717) is 16.1 Å². The normalized spacial score (nSPS) is 10.8. The van der Waals surface area contributed by atoms with E-state index in [1.165, 1.54) is 23.9 Å². The number of hydrogen-bond donors (Lipinski definition) is 0. The fraction of sp³-hybridized carbons (Fsp3) is 0.273. The largest absolute Gasteiger partial charge is 0.545 e. The van der Waals surface area contributed by atoms with Crippen LogP contribution in [0.25, 0.3) is 5.69 Å². The molecule has 0 radical (unpaired) electrons. The van der Waals surface area contributed by atoms with Gasteiger partial charge in [-0.15, -0.1) is 5.10 Å². The van der Waals surface area contributed by atoms with E-state index < -0.39 is 5.97 Å². The van der Waals surface area contributed by atoms with E-state index in [4.69, 9.17) is 0 Å². The number of carboxylic acid groups (broad SMARTS) is 1. The first kappa shape index (κ1) is 12.6. The van der Waals surface area contributed by atoms with Crippen LogP contribution in [-0.4, -0.2) is 31.4 Å². The summed E-state index contributed by atoms with van der Waals surface area (Å²) in [5.41, 5.74) is 0.845. The molecule has 0 unspecified atom stereocenters. The molecular weight excluding hydrogens is 252 g/mol. The first-order chi connectivity index (χ1) is 8.58. The summed E-state index contributed by atoms with van der Waals surface area (Å²) in [5, 5.41) is 23.1. The Kier molecular flexibility index (Phi) is 3.61. The van der Waals surface area contributed by atoms with Crippen molar-refractivity contribution in [1.29, 1.82) is 0 Å². The second-order valence-corrected chi connectivity index (χ2v) is 5.42. The highest BCUT2D eigenvalue weighted by Crippen LogP contribution is 2.22. The molecule has 94 valence electrons. The van der Waals surface area contributed by atoms with Gasteiger partial charge >= 0.3 is 0 Å². The average Bonchev–Trinajstić information content (AvgIpc) is 2.76. The molecule has 6 nitrogen and oxygen atoms in total. The Morgan fingerprint density at radius 1 is 1.33 bits per heavy atom. The maximum absolute atomic E-state index is 10.6. The van der Waals surface area contributed by atoms with Crippen LogP contribution >= 0.6 is 11.8 Å². The molecule has 0 spiro atoms. The summed E-state index contributed by atoms with van der Waals surface area (Å²) in [6.07, 6.45) is 0. The molecular formula is C11H11N4O2S-. The summed E-state index contributed by atoms with van der Waals surface area (Å²) in [5.74, 6) is -1.20. The molecule has 0 atom stereocenters. The highest BCUT2D eigenvalue weighted by Gasteiger charge is 2.10. The zero-order valence-corrected chi connectivity index (χ0v) is 10.7. The fourth-order valence-electron chi connectivity index (χ4n) is 1.36. The fourth-order valence-corrected chi connectivity index (χ4v) is 2.11. The molecule has 0 fully saturated rings. The molecule has 0 N–H and O–H groups in total. The standard InChI is InChI=1S/C11H12N4O2S/c1-7(2)18-11-12-13-14-15(11)9-5-3-8(4-6-9)10(16)17/h3-7H,1-2H3,(H,16,17)/p-1. The number of benzene rings is 1. The summed E-state index contributed by atoms with van der Waals surface area (Å²) >= 11 is 1.54. The number of carbonyl (C=O) groups is 1. The molecule has 0 amide bonds. The second-order valence-electron chi connectivity index (χ2n) is 3.87. The third-order valence-electron chi connectivity index (χ3n) is 2.13. The Morgan fingerprint density at radius 2 is 2.00 bits per heavy atom. The van der Waals surface area contributed by atoms with Crippen LogP contribution in [0.1, 0.15) is 24.2 Å². The second kappa shape index (κ2) is 5.18. The van der Waals surface area contributed by atoms with Crippen LogP contribution in [0.5, 0.6) is 0 Å². The van der Waals surface area contributed by atoms with E-state index in [1.54, 1.807) is 16.8 Å². The highest BCUT2D eigenvalue weighted by atomic mass is 32.2. The van der Waals surface area contributed by atoms with Crippen LogP contribution in [0.15, 0.2) is 29.4 Å². The van der Waals surface area contributed by atoms with Gasteiger partial charge in [0.2, 0.25) is 5.16 Å². The van der Waals surface area contributed by atoms with Crippen LogP contribution in [0, 0.1) is 0 Å². The predicted octanol–water partition coefficient (Wildman–Crippen LogP) is 0.526. The van der Waals surface area contributed by atoms with E-state index in [9.17, 15) is 9.90 Å². The smallest absolute Gasteiger partial charge is 0.214 e. The molecule has 18 heavy (non-hydrogen) atoms. The SMILES string of the molecule is CC(C)Sc1nnnn1-c1ccc(C(=O)[O-])cc1. The van der Waals surface area contributed by atoms with E-state index in [2.05, 4.69) is 15.5 Å². The molecule has 1 heterocycles. The van der Waals surface area contributed by atoms with Gasteiger partial charge < -0.3 is 9.90 Å². The number of hydrogen-bond acceptors (Lipinski definition) is 6. The lowest BCUT2D eigenvalue weighted by Crippen LogP contribution is -2.22. The lowest BCUT2D eigenvalue weighted by Gasteiger charge is -2.07. The number of aromatic nitrogens is 4. The van der Waals surface area contributed by atoms with Crippen LogP contribution in [0.4, 0.5) is 0 Å². The van der Waals surface area contributed by atoms with Gasteiger partial charge in [0.25, 0.3) is 0 Å². The zero-order chi connectivity index (χ0) is 13.1. The van der Waals surface area contributed by atoms with Crippen molar-refractivity contribution >= 4 is 17.7 Å². The number of nitrogens with zero attached hydrogens (tertiary/aromatic N) is 4. The Morgan fingerprint density at radius 3 is 2.56 bits per heavy atom. The minimum absolute atomic E-state index is 0.130. The van der Waals surface area contributed by atoms with Gasteiger partial charge in [-0.1, -0.05) is 37.7 Å². The summed E-state index contributed by atoms with van der Waals surface area (Å²) < 4.78 is 1.57. The molecule has 2 rings (SSSR count). The molecule has 1 aromatic heterocycles. The van der Waals surface area contributed by atoms with Gasteiger partial charge in [-0.25, -0.2) is 0 Å². The number of aromatic carboxylic acids is 1.